The Morgan fingerprint density at radius 2 is 1.83 bits per heavy atom. The number of rotatable bonds is 2. The van der Waals surface area contributed by atoms with Gasteiger partial charge in [-0.2, -0.15) is 0 Å². The Morgan fingerprint density at radius 1 is 1.25 bits per heavy atom. The summed E-state index contributed by atoms with van der Waals surface area (Å²) in [6.07, 6.45) is 0.972. The predicted octanol–water partition coefficient (Wildman–Crippen LogP) is 0.587. The van der Waals surface area contributed by atoms with E-state index in [2.05, 4.69) is 28.1 Å². The first kappa shape index (κ1) is 12.0. The summed E-state index contributed by atoms with van der Waals surface area (Å²) < 4.78 is 6.32. The molecule has 0 aliphatic rings. The molecule has 2 nitrogen and oxygen atoms in total. The Bertz CT molecular complexity index is 237. The molecule has 0 radical (unpaired) electrons. The van der Waals surface area contributed by atoms with Gasteiger partial charge in [-0.3, -0.25) is 4.48 Å². The molecule has 1 aromatic heterocycles. The van der Waals surface area contributed by atoms with E-state index in [1.54, 1.807) is 0 Å². The van der Waals surface area contributed by atoms with Gasteiger partial charge in [-0.25, -0.2) is 0 Å². The average Bonchev–Trinajstić information content (AvgIpc) is 2.32. The van der Waals surface area contributed by atoms with Crippen LogP contribution in [0.15, 0.2) is 16.5 Å². The van der Waals surface area contributed by atoms with Gasteiger partial charge in [0, 0.05) is 12.5 Å². The van der Waals surface area contributed by atoms with Crippen LogP contribution in [0.25, 0.3) is 0 Å². The molecule has 0 unspecified atom stereocenters. The number of aryl methyl sites for hydroxylation is 1. The van der Waals surface area contributed by atoms with Crippen molar-refractivity contribution in [2.75, 3.05) is 21.1 Å². The minimum atomic E-state index is 0. The van der Waals surface area contributed by atoms with E-state index in [4.69, 9.17) is 4.42 Å². The third-order valence-corrected chi connectivity index (χ3v) is 1.66. The number of hydrogen-bond donors (Lipinski definition) is 0. The van der Waals surface area contributed by atoms with E-state index in [0.717, 1.165) is 22.5 Å². The van der Waals surface area contributed by atoms with Crippen molar-refractivity contribution >= 4 is 29.8 Å². The van der Waals surface area contributed by atoms with Crippen LogP contribution in [-0.4, -0.2) is 45.1 Å². The first-order chi connectivity index (χ1) is 5.04. The van der Waals surface area contributed by atoms with Gasteiger partial charge in [0.15, 0.2) is 0 Å². The molecule has 1 heterocycles. The van der Waals surface area contributed by atoms with Crippen molar-refractivity contribution in [1.82, 2.24) is 4.48 Å². The Morgan fingerprint density at radius 3 is 2.08 bits per heavy atom. The molecule has 1 aromatic rings. The number of nitrogens with zero attached hydrogens (tertiary/aromatic N) is 1. The van der Waals surface area contributed by atoms with E-state index >= 15 is 0 Å². The van der Waals surface area contributed by atoms with Crippen LogP contribution in [-0.2, 0) is 6.42 Å². The SMILES string of the molecule is CCc1ccc([N+](C)(C)C)o1.[SnH4]. The zero-order valence-corrected chi connectivity index (χ0v) is 7.72. The number of quaternary nitrogens is 1. The molecular formula is C9H20NOSn+. The van der Waals surface area contributed by atoms with Gasteiger partial charge in [0.25, 0.3) is 5.88 Å². The van der Waals surface area contributed by atoms with Crippen molar-refractivity contribution in [1.29, 1.82) is 0 Å². The normalized spacial score (nSPS) is 11.0. The second kappa shape index (κ2) is 4.32. The Hall–Kier alpha value is 0.0387. The van der Waals surface area contributed by atoms with Gasteiger partial charge in [0.05, 0.1) is 21.1 Å². The summed E-state index contributed by atoms with van der Waals surface area (Å²) in [7, 11) is 6.29. The molecule has 0 atom stereocenters. The van der Waals surface area contributed by atoms with Gasteiger partial charge in [-0.15, -0.1) is 0 Å². The third kappa shape index (κ3) is 2.82. The van der Waals surface area contributed by atoms with Gasteiger partial charge >= 0.3 is 23.9 Å². The van der Waals surface area contributed by atoms with Crippen molar-refractivity contribution < 1.29 is 4.42 Å². The Balaban J connectivity index is 0.00000121. The molecule has 0 amide bonds. The van der Waals surface area contributed by atoms with Crippen LogP contribution < -0.4 is 4.48 Å². The summed E-state index contributed by atoms with van der Waals surface area (Å²) in [5, 5.41) is 0. The van der Waals surface area contributed by atoms with Crippen LogP contribution >= 0.6 is 0 Å². The summed E-state index contributed by atoms with van der Waals surface area (Å²) in [6.45, 7) is 2.10. The summed E-state index contributed by atoms with van der Waals surface area (Å²) in [4.78, 5) is 0. The Labute approximate surface area is 91.1 Å². The molecule has 0 saturated carbocycles. The monoisotopic (exact) mass is 278 g/mol. The molecule has 0 aliphatic heterocycles. The fraction of sp³-hybridized carbons (Fsp3) is 0.556. The summed E-state index contributed by atoms with van der Waals surface area (Å²) in [6, 6.07) is 4.08. The maximum atomic E-state index is 5.57. The van der Waals surface area contributed by atoms with Crippen LogP contribution in [0.1, 0.15) is 12.7 Å². The number of hydrogen-bond acceptors (Lipinski definition) is 1. The molecule has 0 N–H and O–H groups in total. The van der Waals surface area contributed by atoms with Gasteiger partial charge in [-0.1, -0.05) is 6.92 Å². The molecule has 1 rings (SSSR count). The van der Waals surface area contributed by atoms with Crippen molar-refractivity contribution in [3.05, 3.63) is 17.9 Å². The van der Waals surface area contributed by atoms with E-state index in [-0.39, 0.29) is 23.9 Å². The van der Waals surface area contributed by atoms with E-state index in [0.29, 0.717) is 0 Å². The topological polar surface area (TPSA) is 13.1 Å². The van der Waals surface area contributed by atoms with Crippen molar-refractivity contribution in [3.63, 3.8) is 0 Å². The molecular weight excluding hydrogens is 257 g/mol. The standard InChI is InChI=1S/C9H16NO.Sn.4H/c1-5-8-6-7-9(11-8)10(2,3)4;;;;;/h6-7H,5H2,1-4H3;;;;;/q+1;;;;;. The fourth-order valence-corrected chi connectivity index (χ4v) is 0.917. The average molecular weight is 277 g/mol. The summed E-state index contributed by atoms with van der Waals surface area (Å²) in [5.74, 6) is 2.08. The van der Waals surface area contributed by atoms with E-state index < -0.39 is 0 Å². The molecule has 0 saturated heterocycles. The van der Waals surface area contributed by atoms with E-state index in [1.807, 2.05) is 12.1 Å². The van der Waals surface area contributed by atoms with Gasteiger partial charge in [0.2, 0.25) is 0 Å². The zero-order chi connectivity index (χ0) is 8.48. The van der Waals surface area contributed by atoms with Crippen LogP contribution in [0.5, 0.6) is 0 Å². The molecule has 12 heavy (non-hydrogen) atoms. The van der Waals surface area contributed by atoms with Crippen LogP contribution in [0.4, 0.5) is 5.88 Å². The van der Waals surface area contributed by atoms with Gasteiger partial charge in [0.1, 0.15) is 5.76 Å². The fourth-order valence-electron chi connectivity index (χ4n) is 0.917. The van der Waals surface area contributed by atoms with Crippen molar-refractivity contribution in [3.8, 4) is 0 Å². The quantitative estimate of drug-likeness (QED) is 0.569. The Kier molecular flexibility index (Phi) is 4.34. The van der Waals surface area contributed by atoms with Crippen molar-refractivity contribution in [2.45, 2.75) is 13.3 Å². The second-order valence-corrected chi connectivity index (χ2v) is 3.61. The first-order valence-electron chi connectivity index (χ1n) is 3.94. The van der Waals surface area contributed by atoms with Crippen LogP contribution in [0.2, 0.25) is 0 Å². The zero-order valence-electron chi connectivity index (χ0n) is 7.72. The molecule has 0 aliphatic carbocycles. The van der Waals surface area contributed by atoms with E-state index in [1.165, 1.54) is 0 Å². The molecule has 0 fully saturated rings. The minimum absolute atomic E-state index is 0. The first-order valence-corrected chi connectivity index (χ1v) is 3.94. The third-order valence-electron chi connectivity index (χ3n) is 1.66. The maximum absolute atomic E-state index is 5.57. The second-order valence-electron chi connectivity index (χ2n) is 3.61. The predicted molar refractivity (Wildman–Crippen MR) is 59.0 cm³/mol. The van der Waals surface area contributed by atoms with Gasteiger partial charge < -0.3 is 4.42 Å². The van der Waals surface area contributed by atoms with Gasteiger partial charge in [-0.05, 0) is 6.07 Å². The summed E-state index contributed by atoms with van der Waals surface area (Å²) in [5.41, 5.74) is 0. The van der Waals surface area contributed by atoms with Crippen LogP contribution in [0.3, 0.4) is 0 Å². The van der Waals surface area contributed by atoms with Crippen LogP contribution in [0, 0.1) is 0 Å². The molecule has 70 valence electrons. The number of furan rings is 1. The summed E-state index contributed by atoms with van der Waals surface area (Å²) >= 11 is 0. The molecule has 0 bridgehead atoms. The molecule has 0 aromatic carbocycles. The van der Waals surface area contributed by atoms with E-state index in [9.17, 15) is 0 Å². The molecule has 3 heteroatoms. The van der Waals surface area contributed by atoms with Crippen molar-refractivity contribution in [2.24, 2.45) is 0 Å². The molecule has 0 spiro atoms.